The Bertz CT molecular complexity index is 654. The maximum Gasteiger partial charge on any atom is 0.251 e. The zero-order chi connectivity index (χ0) is 16.8. The van der Waals surface area contributed by atoms with Gasteiger partial charge in [-0.3, -0.25) is 4.79 Å². The van der Waals surface area contributed by atoms with Crippen LogP contribution in [-0.2, 0) is 13.5 Å². The number of carbonyl (C=O) groups excluding carboxylic acids is 1. The molecule has 0 aliphatic heterocycles. The van der Waals surface area contributed by atoms with E-state index in [0.717, 1.165) is 6.42 Å². The van der Waals surface area contributed by atoms with Crippen molar-refractivity contribution in [3.05, 3.63) is 41.7 Å². The molecule has 1 amide bonds. The van der Waals surface area contributed by atoms with Crippen LogP contribution in [0.5, 0.6) is 17.2 Å². The van der Waals surface area contributed by atoms with Gasteiger partial charge in [-0.25, -0.2) is 0 Å². The fraction of sp³-hybridized carbons (Fsp3) is 0.353. The minimum Gasteiger partial charge on any atom is -0.493 e. The average molecular weight is 318 g/mol. The summed E-state index contributed by atoms with van der Waals surface area (Å²) in [7, 11) is 6.54. The van der Waals surface area contributed by atoms with Gasteiger partial charge in [0.05, 0.1) is 21.3 Å². The van der Waals surface area contributed by atoms with Crippen LogP contribution < -0.4 is 19.5 Å². The van der Waals surface area contributed by atoms with E-state index < -0.39 is 0 Å². The third-order valence-electron chi connectivity index (χ3n) is 3.52. The highest BCUT2D eigenvalue weighted by atomic mass is 16.5. The van der Waals surface area contributed by atoms with Crippen molar-refractivity contribution >= 4 is 5.91 Å². The van der Waals surface area contributed by atoms with Crippen LogP contribution in [0.2, 0.25) is 0 Å². The molecular formula is C17H22N2O4. The first-order chi connectivity index (χ1) is 11.1. The van der Waals surface area contributed by atoms with E-state index in [9.17, 15) is 4.79 Å². The second kappa shape index (κ2) is 7.58. The molecular weight excluding hydrogens is 296 g/mol. The number of amides is 1. The van der Waals surface area contributed by atoms with Gasteiger partial charge < -0.3 is 24.1 Å². The first-order valence-electron chi connectivity index (χ1n) is 7.28. The van der Waals surface area contributed by atoms with Gasteiger partial charge in [-0.2, -0.15) is 0 Å². The van der Waals surface area contributed by atoms with E-state index in [1.54, 1.807) is 12.1 Å². The van der Waals surface area contributed by atoms with E-state index in [-0.39, 0.29) is 5.91 Å². The molecule has 0 spiro atoms. The second-order valence-electron chi connectivity index (χ2n) is 5.11. The van der Waals surface area contributed by atoms with Gasteiger partial charge in [-0.15, -0.1) is 0 Å². The Morgan fingerprint density at radius 2 is 1.78 bits per heavy atom. The summed E-state index contributed by atoms with van der Waals surface area (Å²) in [6, 6.07) is 5.31. The summed E-state index contributed by atoms with van der Waals surface area (Å²) in [5.41, 5.74) is 1.64. The maximum atomic E-state index is 12.3. The summed E-state index contributed by atoms with van der Waals surface area (Å²) in [6.07, 6.45) is 4.79. The van der Waals surface area contributed by atoms with E-state index in [1.807, 2.05) is 30.1 Å². The molecule has 6 nitrogen and oxygen atoms in total. The summed E-state index contributed by atoms with van der Waals surface area (Å²) >= 11 is 0. The number of aromatic nitrogens is 1. The van der Waals surface area contributed by atoms with Crippen LogP contribution >= 0.6 is 0 Å². The van der Waals surface area contributed by atoms with Gasteiger partial charge in [0.2, 0.25) is 5.75 Å². The van der Waals surface area contributed by atoms with Crippen molar-refractivity contribution in [2.75, 3.05) is 27.9 Å². The quantitative estimate of drug-likeness (QED) is 0.848. The number of nitrogens with one attached hydrogen (secondary N) is 1. The smallest absolute Gasteiger partial charge is 0.251 e. The summed E-state index contributed by atoms with van der Waals surface area (Å²) in [5.74, 6) is 1.20. The fourth-order valence-corrected chi connectivity index (χ4v) is 2.34. The highest BCUT2D eigenvalue weighted by Gasteiger charge is 2.16. The SMILES string of the molecule is COc1cc(C(=O)NCCc2ccn(C)c2)cc(OC)c1OC. The van der Waals surface area contributed by atoms with Gasteiger partial charge in [-0.1, -0.05) is 0 Å². The van der Waals surface area contributed by atoms with Crippen molar-refractivity contribution in [3.63, 3.8) is 0 Å². The van der Waals surface area contributed by atoms with Crippen LogP contribution in [0.15, 0.2) is 30.6 Å². The minimum absolute atomic E-state index is 0.180. The van der Waals surface area contributed by atoms with Crippen LogP contribution in [0.3, 0.4) is 0 Å². The summed E-state index contributed by atoms with van der Waals surface area (Å²) < 4.78 is 17.7. The molecule has 124 valence electrons. The van der Waals surface area contributed by atoms with Gasteiger partial charge in [-0.05, 0) is 30.2 Å². The lowest BCUT2D eigenvalue weighted by Gasteiger charge is -2.14. The molecule has 0 radical (unpaired) electrons. The molecule has 0 bridgehead atoms. The lowest BCUT2D eigenvalue weighted by Crippen LogP contribution is -2.25. The molecule has 0 saturated carbocycles. The molecule has 1 heterocycles. The number of rotatable bonds is 7. The first-order valence-corrected chi connectivity index (χ1v) is 7.28. The fourth-order valence-electron chi connectivity index (χ4n) is 2.34. The number of hydrogen-bond donors (Lipinski definition) is 1. The number of methoxy groups -OCH3 is 3. The maximum absolute atomic E-state index is 12.3. The van der Waals surface area contributed by atoms with Gasteiger partial charge in [0, 0.05) is 31.5 Å². The molecule has 0 aliphatic rings. The lowest BCUT2D eigenvalue weighted by atomic mass is 10.1. The molecule has 1 aromatic carbocycles. The lowest BCUT2D eigenvalue weighted by molar-refractivity contribution is 0.0953. The minimum atomic E-state index is -0.180. The monoisotopic (exact) mass is 318 g/mol. The van der Waals surface area contributed by atoms with Crippen LogP contribution in [-0.4, -0.2) is 38.3 Å². The number of carbonyl (C=O) groups is 1. The predicted octanol–water partition coefficient (Wildman–Crippen LogP) is 2.02. The van der Waals surface area contributed by atoms with E-state index in [4.69, 9.17) is 14.2 Å². The van der Waals surface area contributed by atoms with Crippen molar-refractivity contribution in [3.8, 4) is 17.2 Å². The molecule has 0 fully saturated rings. The number of aryl methyl sites for hydroxylation is 1. The van der Waals surface area contributed by atoms with E-state index in [1.165, 1.54) is 26.9 Å². The van der Waals surface area contributed by atoms with Gasteiger partial charge in [0.1, 0.15) is 0 Å². The number of nitrogens with zero attached hydrogens (tertiary/aromatic N) is 1. The van der Waals surface area contributed by atoms with E-state index in [0.29, 0.717) is 29.4 Å². The highest BCUT2D eigenvalue weighted by Crippen LogP contribution is 2.38. The molecule has 1 N–H and O–H groups in total. The Morgan fingerprint density at radius 1 is 1.13 bits per heavy atom. The van der Waals surface area contributed by atoms with E-state index in [2.05, 4.69) is 5.32 Å². The zero-order valence-electron chi connectivity index (χ0n) is 13.9. The Kier molecular flexibility index (Phi) is 5.51. The van der Waals surface area contributed by atoms with Crippen molar-refractivity contribution in [2.24, 2.45) is 7.05 Å². The van der Waals surface area contributed by atoms with Crippen molar-refractivity contribution in [1.29, 1.82) is 0 Å². The summed E-state index contributed by atoms with van der Waals surface area (Å²) in [5, 5.41) is 2.90. The van der Waals surface area contributed by atoms with Crippen molar-refractivity contribution in [2.45, 2.75) is 6.42 Å². The summed E-state index contributed by atoms with van der Waals surface area (Å²) in [4.78, 5) is 12.3. The number of hydrogen-bond acceptors (Lipinski definition) is 4. The molecule has 1 aromatic heterocycles. The van der Waals surface area contributed by atoms with Crippen molar-refractivity contribution < 1.29 is 19.0 Å². The standard InChI is InChI=1S/C17H22N2O4/c1-19-8-6-12(11-19)5-7-18-17(20)13-9-14(21-2)16(23-4)15(10-13)22-3/h6,8-11H,5,7H2,1-4H3,(H,18,20). The second-order valence-corrected chi connectivity index (χ2v) is 5.11. The Labute approximate surface area is 136 Å². The normalized spacial score (nSPS) is 10.3. The van der Waals surface area contributed by atoms with Gasteiger partial charge in [0.25, 0.3) is 5.91 Å². The topological polar surface area (TPSA) is 61.7 Å². The van der Waals surface area contributed by atoms with Crippen LogP contribution in [0.25, 0.3) is 0 Å². The Hall–Kier alpha value is -2.63. The molecule has 2 rings (SSSR count). The largest absolute Gasteiger partial charge is 0.493 e. The molecule has 0 atom stereocenters. The number of benzene rings is 1. The van der Waals surface area contributed by atoms with Gasteiger partial charge >= 0.3 is 0 Å². The van der Waals surface area contributed by atoms with Crippen LogP contribution in [0.4, 0.5) is 0 Å². The molecule has 6 heteroatoms. The predicted molar refractivity (Wildman–Crippen MR) is 87.5 cm³/mol. The van der Waals surface area contributed by atoms with Crippen LogP contribution in [0, 0.1) is 0 Å². The molecule has 0 aliphatic carbocycles. The third-order valence-corrected chi connectivity index (χ3v) is 3.52. The molecule has 23 heavy (non-hydrogen) atoms. The van der Waals surface area contributed by atoms with Gasteiger partial charge in [0.15, 0.2) is 11.5 Å². The zero-order valence-corrected chi connectivity index (χ0v) is 13.9. The van der Waals surface area contributed by atoms with E-state index >= 15 is 0 Å². The highest BCUT2D eigenvalue weighted by molar-refractivity contribution is 5.95. The van der Waals surface area contributed by atoms with Crippen molar-refractivity contribution in [1.82, 2.24) is 9.88 Å². The number of ether oxygens (including phenoxy) is 3. The molecule has 0 unspecified atom stereocenters. The average Bonchev–Trinajstić information content (AvgIpc) is 2.98. The molecule has 0 saturated heterocycles. The first kappa shape index (κ1) is 16.7. The van der Waals surface area contributed by atoms with Crippen LogP contribution in [0.1, 0.15) is 15.9 Å². The molecule has 2 aromatic rings. The third kappa shape index (κ3) is 3.97. The summed E-state index contributed by atoms with van der Waals surface area (Å²) in [6.45, 7) is 0.555. The Morgan fingerprint density at radius 3 is 2.26 bits per heavy atom. The Balaban J connectivity index is 2.06.